The van der Waals surface area contributed by atoms with Crippen LogP contribution in [0.25, 0.3) is 10.9 Å². The molecule has 0 aliphatic heterocycles. The van der Waals surface area contributed by atoms with Crippen molar-refractivity contribution in [2.45, 2.75) is 13.8 Å². The Hall–Kier alpha value is -2.88. The molecule has 116 valence electrons. The van der Waals surface area contributed by atoms with Crippen molar-refractivity contribution in [1.82, 2.24) is 4.98 Å². The third kappa shape index (κ3) is 3.66. The van der Waals surface area contributed by atoms with Gasteiger partial charge in [-0.15, -0.1) is 0 Å². The first kappa shape index (κ1) is 15.0. The van der Waals surface area contributed by atoms with E-state index >= 15 is 0 Å². The van der Waals surface area contributed by atoms with E-state index in [0.717, 1.165) is 22.3 Å². The first-order chi connectivity index (χ1) is 11.1. The Kier molecular flexibility index (Phi) is 4.24. The first-order valence-corrected chi connectivity index (χ1v) is 7.57. The Bertz CT molecular complexity index is 833. The fraction of sp³-hybridized carbons (Fsp3) is 0.158. The van der Waals surface area contributed by atoms with Crippen molar-refractivity contribution in [1.29, 1.82) is 0 Å². The molecule has 0 fully saturated rings. The summed E-state index contributed by atoms with van der Waals surface area (Å²) in [5.41, 5.74) is 4.83. The second-order valence-electron chi connectivity index (χ2n) is 5.66. The maximum Gasteiger partial charge on any atom is 0.243 e. The molecule has 0 unspecified atom stereocenters. The number of nitrogens with one attached hydrogen (secondary N) is 2. The van der Waals surface area contributed by atoms with Gasteiger partial charge in [0.15, 0.2) is 0 Å². The molecule has 4 nitrogen and oxygen atoms in total. The summed E-state index contributed by atoms with van der Waals surface area (Å²) in [5.74, 6) is -0.0951. The van der Waals surface area contributed by atoms with Crippen LogP contribution >= 0.6 is 0 Å². The molecule has 2 aromatic carbocycles. The van der Waals surface area contributed by atoms with Crippen LogP contribution in [-0.2, 0) is 4.79 Å². The number of aryl methyl sites for hydroxylation is 2. The van der Waals surface area contributed by atoms with E-state index in [0.29, 0.717) is 0 Å². The lowest BCUT2D eigenvalue weighted by Gasteiger charge is -2.10. The van der Waals surface area contributed by atoms with Crippen molar-refractivity contribution in [3.8, 4) is 0 Å². The quantitative estimate of drug-likeness (QED) is 0.768. The third-order valence-corrected chi connectivity index (χ3v) is 3.58. The highest BCUT2D eigenvalue weighted by Crippen LogP contribution is 2.20. The molecule has 3 rings (SSSR count). The molecule has 0 aliphatic carbocycles. The number of carbonyl (C=O) groups is 1. The van der Waals surface area contributed by atoms with Crippen LogP contribution in [-0.4, -0.2) is 17.4 Å². The smallest absolute Gasteiger partial charge is 0.243 e. The first-order valence-electron chi connectivity index (χ1n) is 7.57. The predicted molar refractivity (Wildman–Crippen MR) is 94.8 cm³/mol. The molecule has 0 spiro atoms. The molecule has 23 heavy (non-hydrogen) atoms. The maximum absolute atomic E-state index is 12.2. The highest BCUT2D eigenvalue weighted by Gasteiger charge is 2.06. The zero-order chi connectivity index (χ0) is 16.2. The zero-order valence-electron chi connectivity index (χ0n) is 13.3. The van der Waals surface area contributed by atoms with Gasteiger partial charge in [-0.25, -0.2) is 0 Å². The summed E-state index contributed by atoms with van der Waals surface area (Å²) in [6.45, 7) is 4.30. The fourth-order valence-corrected chi connectivity index (χ4v) is 2.66. The van der Waals surface area contributed by atoms with Gasteiger partial charge in [-0.1, -0.05) is 24.3 Å². The molecule has 0 saturated heterocycles. The van der Waals surface area contributed by atoms with Gasteiger partial charge in [0, 0.05) is 17.3 Å². The van der Waals surface area contributed by atoms with Crippen LogP contribution in [0.4, 0.5) is 11.4 Å². The number of hydrogen-bond donors (Lipinski definition) is 2. The van der Waals surface area contributed by atoms with Gasteiger partial charge in [0.05, 0.1) is 17.7 Å². The van der Waals surface area contributed by atoms with E-state index in [-0.39, 0.29) is 12.5 Å². The minimum Gasteiger partial charge on any atom is -0.376 e. The van der Waals surface area contributed by atoms with Crippen LogP contribution in [0.15, 0.2) is 54.7 Å². The van der Waals surface area contributed by atoms with Crippen molar-refractivity contribution < 1.29 is 4.79 Å². The summed E-state index contributed by atoms with van der Waals surface area (Å²) in [7, 11) is 0. The number of pyridine rings is 1. The summed E-state index contributed by atoms with van der Waals surface area (Å²) in [5, 5.41) is 7.09. The number of amides is 1. The monoisotopic (exact) mass is 305 g/mol. The highest BCUT2D eigenvalue weighted by molar-refractivity contribution is 6.01. The number of anilines is 2. The molecule has 1 aromatic heterocycles. The minimum atomic E-state index is -0.0951. The zero-order valence-corrected chi connectivity index (χ0v) is 13.3. The van der Waals surface area contributed by atoms with E-state index in [1.807, 2.05) is 56.3 Å². The lowest BCUT2D eigenvalue weighted by atomic mass is 10.1. The number of carbonyl (C=O) groups excluding carboxylic acids is 1. The summed E-state index contributed by atoms with van der Waals surface area (Å²) >= 11 is 0. The number of benzene rings is 2. The van der Waals surface area contributed by atoms with Crippen LogP contribution in [0.2, 0.25) is 0 Å². The van der Waals surface area contributed by atoms with Crippen molar-refractivity contribution in [2.24, 2.45) is 0 Å². The lowest BCUT2D eigenvalue weighted by Crippen LogP contribution is -2.22. The Labute approximate surface area is 135 Å². The van der Waals surface area contributed by atoms with Crippen LogP contribution in [0.1, 0.15) is 11.1 Å². The molecule has 0 bridgehead atoms. The van der Waals surface area contributed by atoms with Gasteiger partial charge in [0.2, 0.25) is 5.91 Å². The number of nitrogens with zero attached hydrogens (tertiary/aromatic N) is 1. The van der Waals surface area contributed by atoms with Gasteiger partial charge in [-0.3, -0.25) is 9.78 Å². The topological polar surface area (TPSA) is 54.0 Å². The Morgan fingerprint density at radius 1 is 1.04 bits per heavy atom. The van der Waals surface area contributed by atoms with Crippen molar-refractivity contribution >= 4 is 28.2 Å². The molecule has 2 N–H and O–H groups in total. The van der Waals surface area contributed by atoms with Crippen molar-refractivity contribution in [3.05, 3.63) is 65.9 Å². The van der Waals surface area contributed by atoms with Crippen LogP contribution < -0.4 is 10.6 Å². The predicted octanol–water partition coefficient (Wildman–Crippen LogP) is 3.90. The summed E-state index contributed by atoms with van der Waals surface area (Å²) in [6.07, 6.45) is 1.73. The number of para-hydroxylation sites is 1. The van der Waals surface area contributed by atoms with E-state index in [1.54, 1.807) is 6.20 Å². The molecule has 3 aromatic rings. The molecule has 1 heterocycles. The van der Waals surface area contributed by atoms with E-state index in [1.165, 1.54) is 11.1 Å². The van der Waals surface area contributed by atoms with E-state index in [9.17, 15) is 4.79 Å². The van der Waals surface area contributed by atoms with Crippen LogP contribution in [0.3, 0.4) is 0 Å². The standard InChI is InChI=1S/C19H19N3O/c1-13-9-14(2)11-16(10-13)21-12-18(23)22-17-7-3-5-15-6-4-8-20-19(15)17/h3-11,21H,12H2,1-2H3,(H,22,23). The maximum atomic E-state index is 12.2. The summed E-state index contributed by atoms with van der Waals surface area (Å²) < 4.78 is 0. The summed E-state index contributed by atoms with van der Waals surface area (Å²) in [4.78, 5) is 16.5. The van der Waals surface area contributed by atoms with Crippen LogP contribution in [0, 0.1) is 13.8 Å². The van der Waals surface area contributed by atoms with Gasteiger partial charge in [0.1, 0.15) is 0 Å². The number of fused-ring (bicyclic) bond motifs is 1. The second kappa shape index (κ2) is 6.48. The highest BCUT2D eigenvalue weighted by atomic mass is 16.1. The molecule has 0 saturated carbocycles. The molecular formula is C19H19N3O. The Morgan fingerprint density at radius 3 is 2.57 bits per heavy atom. The van der Waals surface area contributed by atoms with Gasteiger partial charge < -0.3 is 10.6 Å². The molecule has 4 heteroatoms. The average molecular weight is 305 g/mol. The molecule has 0 radical (unpaired) electrons. The van der Waals surface area contributed by atoms with E-state index in [2.05, 4.69) is 21.7 Å². The normalized spacial score (nSPS) is 10.5. The second-order valence-corrected chi connectivity index (χ2v) is 5.66. The van der Waals surface area contributed by atoms with Crippen molar-refractivity contribution in [2.75, 3.05) is 17.2 Å². The third-order valence-electron chi connectivity index (χ3n) is 3.58. The number of aromatic nitrogens is 1. The average Bonchev–Trinajstić information content (AvgIpc) is 2.52. The lowest BCUT2D eigenvalue weighted by molar-refractivity contribution is -0.114. The fourth-order valence-electron chi connectivity index (χ4n) is 2.66. The minimum absolute atomic E-state index is 0.0951. The van der Waals surface area contributed by atoms with Gasteiger partial charge in [-0.05, 0) is 49.2 Å². The van der Waals surface area contributed by atoms with Crippen LogP contribution in [0.5, 0.6) is 0 Å². The molecular weight excluding hydrogens is 286 g/mol. The van der Waals surface area contributed by atoms with Gasteiger partial charge in [0.25, 0.3) is 0 Å². The number of rotatable bonds is 4. The molecule has 0 aliphatic rings. The largest absolute Gasteiger partial charge is 0.376 e. The molecule has 1 amide bonds. The Morgan fingerprint density at radius 2 is 1.78 bits per heavy atom. The number of hydrogen-bond acceptors (Lipinski definition) is 3. The summed E-state index contributed by atoms with van der Waals surface area (Å²) in [6, 6.07) is 15.8. The van der Waals surface area contributed by atoms with Crippen molar-refractivity contribution in [3.63, 3.8) is 0 Å². The molecule has 0 atom stereocenters. The van der Waals surface area contributed by atoms with Gasteiger partial charge >= 0.3 is 0 Å². The van der Waals surface area contributed by atoms with E-state index in [4.69, 9.17) is 0 Å². The SMILES string of the molecule is Cc1cc(C)cc(NCC(=O)Nc2cccc3cccnc23)c1. The van der Waals surface area contributed by atoms with Gasteiger partial charge in [-0.2, -0.15) is 0 Å². The Balaban J connectivity index is 1.69. The van der Waals surface area contributed by atoms with E-state index < -0.39 is 0 Å².